The van der Waals surface area contributed by atoms with E-state index >= 15 is 0 Å². The van der Waals surface area contributed by atoms with Gasteiger partial charge in [0.05, 0.1) is 22.0 Å². The molecule has 1 aromatic carbocycles. The lowest BCUT2D eigenvalue weighted by atomic mass is 10.3. The van der Waals surface area contributed by atoms with Crippen LogP contribution in [0.2, 0.25) is 0 Å². The molecular formula is C12H16N2O5S. The predicted molar refractivity (Wildman–Crippen MR) is 71.9 cm³/mol. The summed E-state index contributed by atoms with van der Waals surface area (Å²) >= 11 is 0. The fraction of sp³-hybridized carbons (Fsp3) is 0.500. The highest BCUT2D eigenvalue weighted by molar-refractivity contribution is 7.89. The Kier molecular flexibility index (Phi) is 4.07. The van der Waals surface area contributed by atoms with E-state index in [-0.39, 0.29) is 35.9 Å². The molecule has 7 nitrogen and oxygen atoms in total. The molecule has 0 spiro atoms. The fourth-order valence-electron chi connectivity index (χ4n) is 2.23. The number of morpholine rings is 1. The maximum atomic E-state index is 12.5. The van der Waals surface area contributed by atoms with Gasteiger partial charge in [0, 0.05) is 25.2 Å². The van der Waals surface area contributed by atoms with Gasteiger partial charge < -0.3 is 4.74 Å². The molecule has 2 rings (SSSR count). The topological polar surface area (TPSA) is 89.8 Å². The molecular weight excluding hydrogens is 284 g/mol. The molecule has 0 N–H and O–H groups in total. The Morgan fingerprint density at radius 1 is 1.30 bits per heavy atom. The van der Waals surface area contributed by atoms with Gasteiger partial charge in [-0.2, -0.15) is 4.31 Å². The highest BCUT2D eigenvalue weighted by atomic mass is 32.2. The average Bonchev–Trinajstić information content (AvgIpc) is 2.37. The standard InChI is InChI=1S/C12H16N2O5S/c1-9-7-13(8-10(2)19-9)20(17,18)12-5-3-4-11(6-12)14(15)16/h3-6,9-10H,7-8H2,1-2H3/t9-,10-/m0/s1. The number of nitro groups is 1. The van der Waals surface area contributed by atoms with E-state index in [0.717, 1.165) is 6.07 Å². The summed E-state index contributed by atoms with van der Waals surface area (Å²) in [7, 11) is -3.74. The Labute approximate surface area is 117 Å². The van der Waals surface area contributed by atoms with Crippen LogP contribution in [-0.2, 0) is 14.8 Å². The molecule has 2 atom stereocenters. The zero-order valence-electron chi connectivity index (χ0n) is 11.2. The first-order valence-electron chi connectivity index (χ1n) is 6.21. The van der Waals surface area contributed by atoms with Crippen LogP contribution in [0.3, 0.4) is 0 Å². The van der Waals surface area contributed by atoms with Crippen LogP contribution < -0.4 is 0 Å². The van der Waals surface area contributed by atoms with Crippen molar-refractivity contribution in [3.05, 3.63) is 34.4 Å². The van der Waals surface area contributed by atoms with Crippen molar-refractivity contribution in [2.24, 2.45) is 0 Å². The predicted octanol–water partition coefficient (Wildman–Crippen LogP) is 1.39. The van der Waals surface area contributed by atoms with Crippen LogP contribution in [0, 0.1) is 10.1 Å². The second-order valence-electron chi connectivity index (χ2n) is 4.83. The first-order chi connectivity index (χ1) is 9.30. The van der Waals surface area contributed by atoms with Crippen LogP contribution >= 0.6 is 0 Å². The Morgan fingerprint density at radius 3 is 2.45 bits per heavy atom. The summed E-state index contributed by atoms with van der Waals surface area (Å²) in [5.41, 5.74) is -0.236. The molecule has 8 heteroatoms. The number of benzene rings is 1. The summed E-state index contributed by atoms with van der Waals surface area (Å²) in [6.45, 7) is 4.09. The van der Waals surface area contributed by atoms with Gasteiger partial charge in [-0.25, -0.2) is 8.42 Å². The number of non-ortho nitro benzene ring substituents is 1. The molecule has 1 saturated heterocycles. The number of rotatable bonds is 3. The molecule has 0 aliphatic carbocycles. The number of hydrogen-bond acceptors (Lipinski definition) is 5. The van der Waals surface area contributed by atoms with E-state index in [4.69, 9.17) is 4.74 Å². The third kappa shape index (κ3) is 2.97. The van der Waals surface area contributed by atoms with Crippen LogP contribution in [0.5, 0.6) is 0 Å². The van der Waals surface area contributed by atoms with Crippen LogP contribution in [0.1, 0.15) is 13.8 Å². The largest absolute Gasteiger partial charge is 0.373 e. The monoisotopic (exact) mass is 300 g/mol. The molecule has 0 saturated carbocycles. The van der Waals surface area contributed by atoms with Crippen molar-refractivity contribution in [1.29, 1.82) is 0 Å². The SMILES string of the molecule is C[C@H]1CN(S(=O)(=O)c2cccc([N+](=O)[O-])c2)C[C@H](C)O1. The van der Waals surface area contributed by atoms with Gasteiger partial charge in [-0.1, -0.05) is 6.07 Å². The molecule has 0 radical (unpaired) electrons. The molecule has 0 amide bonds. The highest BCUT2D eigenvalue weighted by Crippen LogP contribution is 2.23. The average molecular weight is 300 g/mol. The van der Waals surface area contributed by atoms with Gasteiger partial charge in [-0.05, 0) is 19.9 Å². The maximum Gasteiger partial charge on any atom is 0.270 e. The summed E-state index contributed by atoms with van der Waals surface area (Å²) in [5.74, 6) is 0. The Balaban J connectivity index is 2.34. The van der Waals surface area contributed by atoms with Crippen molar-refractivity contribution in [2.75, 3.05) is 13.1 Å². The third-order valence-corrected chi connectivity index (χ3v) is 4.88. The Morgan fingerprint density at radius 2 is 1.90 bits per heavy atom. The minimum absolute atomic E-state index is 0.0620. The first kappa shape index (κ1) is 14.9. The molecule has 1 aliphatic heterocycles. The van der Waals surface area contributed by atoms with E-state index in [2.05, 4.69) is 0 Å². The molecule has 0 unspecified atom stereocenters. The zero-order chi connectivity index (χ0) is 14.9. The van der Waals surface area contributed by atoms with Crippen molar-refractivity contribution in [1.82, 2.24) is 4.31 Å². The van der Waals surface area contributed by atoms with Crippen LogP contribution in [0.15, 0.2) is 29.2 Å². The molecule has 0 aromatic heterocycles. The lowest BCUT2D eigenvalue weighted by Gasteiger charge is -2.34. The summed E-state index contributed by atoms with van der Waals surface area (Å²) in [4.78, 5) is 10.1. The zero-order valence-corrected chi connectivity index (χ0v) is 12.0. The molecule has 1 aromatic rings. The maximum absolute atomic E-state index is 12.5. The molecule has 1 aliphatic rings. The van der Waals surface area contributed by atoms with Gasteiger partial charge in [0.15, 0.2) is 0 Å². The number of nitro benzene ring substituents is 1. The van der Waals surface area contributed by atoms with E-state index in [1.54, 1.807) is 13.8 Å². The molecule has 1 heterocycles. The lowest BCUT2D eigenvalue weighted by Crippen LogP contribution is -2.48. The fourth-order valence-corrected chi connectivity index (χ4v) is 3.86. The number of ether oxygens (including phenoxy) is 1. The second-order valence-corrected chi connectivity index (χ2v) is 6.77. The van der Waals surface area contributed by atoms with E-state index in [1.165, 1.54) is 22.5 Å². The minimum Gasteiger partial charge on any atom is -0.373 e. The van der Waals surface area contributed by atoms with E-state index in [0.29, 0.717) is 0 Å². The van der Waals surface area contributed by atoms with E-state index in [9.17, 15) is 18.5 Å². The number of sulfonamides is 1. The van der Waals surface area contributed by atoms with Crippen LogP contribution in [0.25, 0.3) is 0 Å². The van der Waals surface area contributed by atoms with Gasteiger partial charge in [-0.3, -0.25) is 10.1 Å². The minimum atomic E-state index is -3.74. The Bertz CT molecular complexity index is 606. The summed E-state index contributed by atoms with van der Waals surface area (Å²) in [6.07, 6.45) is -0.403. The van der Waals surface area contributed by atoms with Crippen molar-refractivity contribution in [2.45, 2.75) is 31.0 Å². The van der Waals surface area contributed by atoms with Crippen LogP contribution in [-0.4, -0.2) is 42.9 Å². The van der Waals surface area contributed by atoms with Gasteiger partial charge in [0.25, 0.3) is 5.69 Å². The Hall–Kier alpha value is -1.51. The highest BCUT2D eigenvalue weighted by Gasteiger charge is 2.32. The number of nitrogens with zero attached hydrogens (tertiary/aromatic N) is 2. The van der Waals surface area contributed by atoms with E-state index in [1.807, 2.05) is 0 Å². The summed E-state index contributed by atoms with van der Waals surface area (Å²) in [5, 5.41) is 10.7. The third-order valence-electron chi connectivity index (χ3n) is 3.05. The van der Waals surface area contributed by atoms with Crippen LogP contribution in [0.4, 0.5) is 5.69 Å². The van der Waals surface area contributed by atoms with Gasteiger partial charge in [-0.15, -0.1) is 0 Å². The van der Waals surface area contributed by atoms with Crippen molar-refractivity contribution >= 4 is 15.7 Å². The molecule has 110 valence electrons. The van der Waals surface area contributed by atoms with Gasteiger partial charge in [0.1, 0.15) is 0 Å². The second kappa shape index (κ2) is 5.47. The van der Waals surface area contributed by atoms with Gasteiger partial charge >= 0.3 is 0 Å². The summed E-state index contributed by atoms with van der Waals surface area (Å²) in [6, 6.07) is 5.09. The quantitative estimate of drug-likeness (QED) is 0.621. The lowest BCUT2D eigenvalue weighted by molar-refractivity contribution is -0.385. The smallest absolute Gasteiger partial charge is 0.270 e. The molecule has 1 fully saturated rings. The molecule has 0 bridgehead atoms. The van der Waals surface area contributed by atoms with Crippen molar-refractivity contribution < 1.29 is 18.1 Å². The van der Waals surface area contributed by atoms with Gasteiger partial charge in [0.2, 0.25) is 10.0 Å². The molecule has 20 heavy (non-hydrogen) atoms. The number of hydrogen-bond donors (Lipinski definition) is 0. The summed E-state index contributed by atoms with van der Waals surface area (Å²) < 4.78 is 31.8. The normalized spacial score (nSPS) is 24.5. The van der Waals surface area contributed by atoms with Crippen molar-refractivity contribution in [3.8, 4) is 0 Å². The van der Waals surface area contributed by atoms with Crippen molar-refractivity contribution in [3.63, 3.8) is 0 Å². The van der Waals surface area contributed by atoms with E-state index < -0.39 is 14.9 Å². The first-order valence-corrected chi connectivity index (χ1v) is 7.65.